The van der Waals surface area contributed by atoms with Crippen LogP contribution in [-0.2, 0) is 32.0 Å². The van der Waals surface area contributed by atoms with E-state index in [1.54, 1.807) is 13.1 Å². The van der Waals surface area contributed by atoms with E-state index in [0.717, 1.165) is 45.2 Å². The maximum atomic E-state index is 14.0. The van der Waals surface area contributed by atoms with Crippen molar-refractivity contribution in [1.29, 1.82) is 0 Å². The molecule has 1 aliphatic carbocycles. The number of benzene rings is 3. The number of carbonyl (C=O) groups excluding carboxylic acids is 4. The molecule has 262 valence electrons. The third-order valence-electron chi connectivity index (χ3n) is 9.49. The lowest BCUT2D eigenvalue weighted by molar-refractivity contribution is -0.135. The van der Waals surface area contributed by atoms with Gasteiger partial charge in [-0.1, -0.05) is 92.6 Å². The lowest BCUT2D eigenvalue weighted by Crippen LogP contribution is -2.58. The summed E-state index contributed by atoms with van der Waals surface area (Å²) >= 11 is 0. The van der Waals surface area contributed by atoms with Crippen molar-refractivity contribution in [3.05, 3.63) is 113 Å². The maximum absolute atomic E-state index is 14.0. The Kier molecular flexibility index (Phi) is 11.9. The van der Waals surface area contributed by atoms with Crippen LogP contribution >= 0.6 is 0 Å². The summed E-state index contributed by atoms with van der Waals surface area (Å²) < 4.78 is 0. The van der Waals surface area contributed by atoms with Gasteiger partial charge in [-0.2, -0.15) is 0 Å². The van der Waals surface area contributed by atoms with E-state index in [9.17, 15) is 24.3 Å². The smallest absolute Gasteiger partial charge is 0.251 e. The average molecular weight is 678 g/mol. The van der Waals surface area contributed by atoms with Crippen LogP contribution in [0.15, 0.2) is 90.6 Å². The standard InChI is InChI=1S/C40H47N5O5/c1-5-6-19-34(36(46)40(50)42-25(3)27-14-8-7-9-15-27)44-39(49)35(22-29-23-41-33-20-13-12-18-31(29)33)45-37(47)26(4)43-38(48)32-21-28-16-10-11-17-30(28)24(32)2/h7-18,20,23,25-26,34-36,41,46H,5-6,19,21-22H2,1-4H3,(H,42,50)(H,43,48)(H,44,49)(H,45,47)/t25-,26-,34-,35-,36?/m0/s1. The van der Waals surface area contributed by atoms with Gasteiger partial charge >= 0.3 is 0 Å². The van der Waals surface area contributed by atoms with Crippen LogP contribution in [0.3, 0.4) is 0 Å². The van der Waals surface area contributed by atoms with Crippen LogP contribution in [0.5, 0.6) is 0 Å². The van der Waals surface area contributed by atoms with E-state index < -0.39 is 42.0 Å². The Morgan fingerprint density at radius 1 is 0.820 bits per heavy atom. The summed E-state index contributed by atoms with van der Waals surface area (Å²) in [5, 5.41) is 23.5. The van der Waals surface area contributed by atoms with E-state index >= 15 is 0 Å². The zero-order chi connectivity index (χ0) is 35.8. The molecule has 0 spiro atoms. The highest BCUT2D eigenvalue weighted by atomic mass is 16.3. The molecule has 1 aromatic heterocycles. The van der Waals surface area contributed by atoms with Gasteiger partial charge in [0.05, 0.1) is 12.1 Å². The first-order chi connectivity index (χ1) is 24.1. The lowest BCUT2D eigenvalue weighted by atomic mass is 10.00. The fourth-order valence-electron chi connectivity index (χ4n) is 6.48. The molecule has 0 bridgehead atoms. The Bertz CT molecular complexity index is 1870. The van der Waals surface area contributed by atoms with Gasteiger partial charge in [-0.3, -0.25) is 19.2 Å². The van der Waals surface area contributed by atoms with Crippen molar-refractivity contribution in [3.8, 4) is 0 Å². The minimum atomic E-state index is -1.52. The average Bonchev–Trinajstić information content (AvgIpc) is 3.70. The number of unbranched alkanes of at least 4 members (excludes halogenated alkanes) is 1. The molecule has 4 aromatic rings. The molecular weight excluding hydrogens is 630 g/mol. The maximum Gasteiger partial charge on any atom is 0.251 e. The molecule has 5 rings (SSSR count). The SMILES string of the molecule is CCCC[C@H](NC(=O)[C@H](Cc1c[nH]c2ccccc12)NC(=O)[C@H](C)NC(=O)C1=C(C)c2ccccc2C1)C(O)C(=O)N[C@@H](C)c1ccccc1. The van der Waals surface area contributed by atoms with Crippen LogP contribution in [0.25, 0.3) is 16.5 Å². The number of carbonyl (C=O) groups is 4. The number of H-pyrrole nitrogens is 1. The molecule has 1 heterocycles. The van der Waals surface area contributed by atoms with Gasteiger partial charge in [0, 0.05) is 35.5 Å². The second kappa shape index (κ2) is 16.5. The largest absolute Gasteiger partial charge is 0.381 e. The summed E-state index contributed by atoms with van der Waals surface area (Å²) in [7, 11) is 0. The molecule has 4 amide bonds. The monoisotopic (exact) mass is 677 g/mol. The van der Waals surface area contributed by atoms with Gasteiger partial charge in [-0.15, -0.1) is 0 Å². The third kappa shape index (κ3) is 8.49. The number of fused-ring (bicyclic) bond motifs is 2. The molecule has 5 atom stereocenters. The molecule has 0 fully saturated rings. The number of aromatic amines is 1. The highest BCUT2D eigenvalue weighted by Crippen LogP contribution is 2.32. The lowest BCUT2D eigenvalue weighted by Gasteiger charge is -2.28. The van der Waals surface area contributed by atoms with Crippen molar-refractivity contribution in [2.45, 2.75) is 90.1 Å². The van der Waals surface area contributed by atoms with Crippen molar-refractivity contribution in [2.24, 2.45) is 0 Å². The van der Waals surface area contributed by atoms with E-state index in [1.807, 2.05) is 99.6 Å². The van der Waals surface area contributed by atoms with Crippen molar-refractivity contribution in [3.63, 3.8) is 0 Å². The van der Waals surface area contributed by atoms with E-state index in [2.05, 4.69) is 26.3 Å². The number of allylic oxidation sites excluding steroid dienone is 1. The first kappa shape index (κ1) is 36.1. The van der Waals surface area contributed by atoms with Gasteiger partial charge in [-0.25, -0.2) is 0 Å². The van der Waals surface area contributed by atoms with E-state index in [-0.39, 0.29) is 18.4 Å². The molecule has 0 saturated heterocycles. The number of para-hydroxylation sites is 1. The van der Waals surface area contributed by atoms with Crippen LogP contribution in [0.1, 0.15) is 75.3 Å². The molecule has 3 aromatic carbocycles. The Labute approximate surface area is 293 Å². The Balaban J connectivity index is 1.31. The number of nitrogens with one attached hydrogen (secondary N) is 5. The van der Waals surface area contributed by atoms with Crippen LogP contribution in [0, 0.1) is 0 Å². The minimum absolute atomic E-state index is 0.135. The van der Waals surface area contributed by atoms with Gasteiger partial charge in [0.15, 0.2) is 6.10 Å². The van der Waals surface area contributed by atoms with Gasteiger partial charge in [0.25, 0.3) is 5.91 Å². The van der Waals surface area contributed by atoms with Gasteiger partial charge < -0.3 is 31.4 Å². The summed E-state index contributed by atoms with van der Waals surface area (Å²) in [4.78, 5) is 57.4. The number of aromatic nitrogens is 1. The van der Waals surface area contributed by atoms with Crippen LogP contribution in [0.4, 0.5) is 0 Å². The van der Waals surface area contributed by atoms with Gasteiger partial charge in [0.2, 0.25) is 17.7 Å². The Morgan fingerprint density at radius 2 is 1.52 bits per heavy atom. The van der Waals surface area contributed by atoms with E-state index in [1.165, 1.54) is 0 Å². The second-order valence-electron chi connectivity index (χ2n) is 13.1. The molecule has 10 nitrogen and oxygen atoms in total. The fourth-order valence-corrected chi connectivity index (χ4v) is 6.48. The zero-order valence-electron chi connectivity index (χ0n) is 29.1. The van der Waals surface area contributed by atoms with Crippen molar-refractivity contribution >= 4 is 40.1 Å². The summed E-state index contributed by atoms with van der Waals surface area (Å²) in [6.45, 7) is 7.30. The van der Waals surface area contributed by atoms with Crippen LogP contribution in [0.2, 0.25) is 0 Å². The van der Waals surface area contributed by atoms with Gasteiger partial charge in [0.1, 0.15) is 12.1 Å². The number of hydrogen-bond donors (Lipinski definition) is 6. The first-order valence-corrected chi connectivity index (χ1v) is 17.3. The number of aliphatic hydroxyl groups is 1. The summed E-state index contributed by atoms with van der Waals surface area (Å²) in [5.74, 6) is -2.02. The zero-order valence-corrected chi connectivity index (χ0v) is 29.1. The van der Waals surface area contributed by atoms with Crippen LogP contribution < -0.4 is 21.3 Å². The highest BCUT2D eigenvalue weighted by molar-refractivity contribution is 6.05. The molecule has 0 aliphatic heterocycles. The summed E-state index contributed by atoms with van der Waals surface area (Å²) in [6, 6.07) is 21.6. The highest BCUT2D eigenvalue weighted by Gasteiger charge is 2.33. The number of hydrogen-bond acceptors (Lipinski definition) is 5. The number of amides is 4. The van der Waals surface area contributed by atoms with E-state index in [4.69, 9.17) is 0 Å². The number of rotatable bonds is 15. The molecule has 1 aliphatic rings. The number of aliphatic hydroxyl groups excluding tert-OH is 1. The van der Waals surface area contributed by atoms with Gasteiger partial charge in [-0.05, 0) is 61.1 Å². The molecule has 0 saturated carbocycles. The second-order valence-corrected chi connectivity index (χ2v) is 13.1. The molecular formula is C40H47N5O5. The Hall–Kier alpha value is -5.22. The normalized spacial score (nSPS) is 15.4. The summed E-state index contributed by atoms with van der Waals surface area (Å²) in [6.07, 6.45) is 2.69. The predicted molar refractivity (Wildman–Crippen MR) is 195 cm³/mol. The molecule has 50 heavy (non-hydrogen) atoms. The van der Waals surface area contributed by atoms with E-state index in [0.29, 0.717) is 24.8 Å². The first-order valence-electron chi connectivity index (χ1n) is 17.3. The summed E-state index contributed by atoms with van der Waals surface area (Å²) in [5.41, 5.74) is 6.14. The molecule has 0 radical (unpaired) electrons. The topological polar surface area (TPSA) is 152 Å². The molecule has 1 unspecified atom stereocenters. The fraction of sp³-hybridized carbons (Fsp3) is 0.350. The third-order valence-corrected chi connectivity index (χ3v) is 9.49. The Morgan fingerprint density at radius 3 is 2.26 bits per heavy atom. The van der Waals surface area contributed by atoms with Crippen molar-refractivity contribution in [2.75, 3.05) is 0 Å². The quantitative estimate of drug-likeness (QED) is 0.108. The predicted octanol–water partition coefficient (Wildman–Crippen LogP) is 4.64. The molecule has 6 N–H and O–H groups in total. The minimum Gasteiger partial charge on any atom is -0.381 e. The van der Waals surface area contributed by atoms with Crippen molar-refractivity contribution in [1.82, 2.24) is 26.3 Å². The van der Waals surface area contributed by atoms with Crippen LogP contribution in [-0.4, -0.2) is 57.9 Å². The van der Waals surface area contributed by atoms with Crippen molar-refractivity contribution < 1.29 is 24.3 Å². The molecule has 10 heteroatoms.